The van der Waals surface area contributed by atoms with Crippen LogP contribution in [0.4, 0.5) is 0 Å². The van der Waals surface area contributed by atoms with E-state index in [1.165, 1.54) is 6.20 Å². The van der Waals surface area contributed by atoms with Gasteiger partial charge in [0, 0.05) is 27.5 Å². The third kappa shape index (κ3) is 4.20. The fourth-order valence-corrected chi connectivity index (χ4v) is 3.16. The number of nitrogens with zero attached hydrogens (tertiary/aromatic N) is 1. The molecular formula is C19H14BrClN2O3. The molecule has 1 aromatic heterocycles. The van der Waals surface area contributed by atoms with Gasteiger partial charge in [-0.1, -0.05) is 45.7 Å². The van der Waals surface area contributed by atoms with Gasteiger partial charge < -0.3 is 10.4 Å². The van der Waals surface area contributed by atoms with E-state index >= 15 is 0 Å². The standard InChI is InChI=1S/C19H14BrClN2O3/c20-15-6-5-14(21)8-12(15)9-17(19(25)26)23-18(24)13-7-11-3-1-2-4-16(11)22-10-13/h1-8,10,17H,9H2,(H,23,24)(H,25,26)/t17-/m0/s1. The molecule has 0 aliphatic rings. The number of aliphatic carboxylic acids is 1. The molecule has 132 valence electrons. The molecule has 0 saturated carbocycles. The maximum atomic E-state index is 12.5. The summed E-state index contributed by atoms with van der Waals surface area (Å²) < 4.78 is 0.731. The maximum Gasteiger partial charge on any atom is 0.326 e. The molecule has 2 N–H and O–H groups in total. The Morgan fingerprint density at radius 1 is 1.19 bits per heavy atom. The molecule has 0 fully saturated rings. The molecule has 1 atom stereocenters. The van der Waals surface area contributed by atoms with Crippen molar-refractivity contribution in [2.24, 2.45) is 0 Å². The van der Waals surface area contributed by atoms with E-state index < -0.39 is 17.9 Å². The van der Waals surface area contributed by atoms with Gasteiger partial charge in [0.2, 0.25) is 0 Å². The van der Waals surface area contributed by atoms with Crippen molar-refractivity contribution in [3.05, 3.63) is 75.4 Å². The maximum absolute atomic E-state index is 12.5. The average molecular weight is 434 g/mol. The van der Waals surface area contributed by atoms with E-state index in [9.17, 15) is 14.7 Å². The fraction of sp³-hybridized carbons (Fsp3) is 0.105. The highest BCUT2D eigenvalue weighted by Crippen LogP contribution is 2.22. The van der Waals surface area contributed by atoms with Crippen LogP contribution >= 0.6 is 27.5 Å². The summed E-state index contributed by atoms with van der Waals surface area (Å²) in [6, 6.07) is 13.1. The van der Waals surface area contributed by atoms with Gasteiger partial charge in [-0.2, -0.15) is 0 Å². The van der Waals surface area contributed by atoms with Gasteiger partial charge >= 0.3 is 5.97 Å². The van der Waals surface area contributed by atoms with Crippen LogP contribution in [0, 0.1) is 0 Å². The van der Waals surface area contributed by atoms with Gasteiger partial charge in [-0.05, 0) is 35.9 Å². The minimum absolute atomic E-state index is 0.100. The minimum Gasteiger partial charge on any atom is -0.480 e. The van der Waals surface area contributed by atoms with E-state index in [4.69, 9.17) is 11.6 Å². The number of pyridine rings is 1. The Balaban J connectivity index is 1.81. The fourth-order valence-electron chi connectivity index (χ4n) is 2.56. The molecule has 3 aromatic rings. The van der Waals surface area contributed by atoms with Crippen molar-refractivity contribution < 1.29 is 14.7 Å². The predicted octanol–water partition coefficient (Wildman–Crippen LogP) is 4.08. The lowest BCUT2D eigenvalue weighted by atomic mass is 10.1. The zero-order chi connectivity index (χ0) is 18.7. The van der Waals surface area contributed by atoms with Crippen molar-refractivity contribution in [2.45, 2.75) is 12.5 Å². The van der Waals surface area contributed by atoms with Gasteiger partial charge in [-0.3, -0.25) is 9.78 Å². The first-order valence-corrected chi connectivity index (χ1v) is 8.93. The van der Waals surface area contributed by atoms with Crippen LogP contribution in [0.5, 0.6) is 0 Å². The highest BCUT2D eigenvalue weighted by molar-refractivity contribution is 9.10. The van der Waals surface area contributed by atoms with Gasteiger partial charge in [-0.25, -0.2) is 4.79 Å². The molecule has 3 rings (SSSR count). The summed E-state index contributed by atoms with van der Waals surface area (Å²) in [7, 11) is 0. The number of benzene rings is 2. The van der Waals surface area contributed by atoms with Gasteiger partial charge in [-0.15, -0.1) is 0 Å². The van der Waals surface area contributed by atoms with Crippen LogP contribution in [-0.2, 0) is 11.2 Å². The van der Waals surface area contributed by atoms with Crippen LogP contribution < -0.4 is 5.32 Å². The summed E-state index contributed by atoms with van der Waals surface area (Å²) in [4.78, 5) is 28.3. The van der Waals surface area contributed by atoms with Crippen molar-refractivity contribution in [1.82, 2.24) is 10.3 Å². The number of halogens is 2. The van der Waals surface area contributed by atoms with E-state index in [0.29, 0.717) is 16.1 Å². The van der Waals surface area contributed by atoms with Crippen LogP contribution in [0.15, 0.2) is 59.2 Å². The summed E-state index contributed by atoms with van der Waals surface area (Å²) in [5.41, 5.74) is 1.77. The molecule has 7 heteroatoms. The number of aromatic nitrogens is 1. The van der Waals surface area contributed by atoms with E-state index in [-0.39, 0.29) is 6.42 Å². The molecular weight excluding hydrogens is 420 g/mol. The van der Waals surface area contributed by atoms with Crippen LogP contribution in [0.2, 0.25) is 5.02 Å². The predicted molar refractivity (Wildman–Crippen MR) is 103 cm³/mol. The van der Waals surface area contributed by atoms with E-state index in [0.717, 1.165) is 15.4 Å². The largest absolute Gasteiger partial charge is 0.480 e. The number of hydrogen-bond acceptors (Lipinski definition) is 3. The average Bonchev–Trinajstić information content (AvgIpc) is 2.63. The van der Waals surface area contributed by atoms with Gasteiger partial charge in [0.1, 0.15) is 6.04 Å². The zero-order valence-electron chi connectivity index (χ0n) is 13.4. The smallest absolute Gasteiger partial charge is 0.326 e. The topological polar surface area (TPSA) is 79.3 Å². The van der Waals surface area contributed by atoms with Crippen molar-refractivity contribution >= 4 is 50.3 Å². The third-order valence-electron chi connectivity index (χ3n) is 3.89. The number of amides is 1. The lowest BCUT2D eigenvalue weighted by molar-refractivity contribution is -0.139. The second-order valence-corrected chi connectivity index (χ2v) is 7.01. The summed E-state index contributed by atoms with van der Waals surface area (Å²) in [6.45, 7) is 0. The van der Waals surface area contributed by atoms with Gasteiger partial charge in [0.25, 0.3) is 5.91 Å². The first-order chi connectivity index (χ1) is 12.4. The molecule has 1 amide bonds. The first kappa shape index (κ1) is 18.4. The molecule has 1 heterocycles. The number of carboxylic acids is 1. The Kier molecular flexibility index (Phi) is 5.54. The summed E-state index contributed by atoms with van der Waals surface area (Å²) in [5, 5.41) is 13.3. The highest BCUT2D eigenvalue weighted by atomic mass is 79.9. The molecule has 0 radical (unpaired) electrons. The molecule has 5 nitrogen and oxygen atoms in total. The number of rotatable bonds is 5. The molecule has 2 aromatic carbocycles. The monoisotopic (exact) mass is 432 g/mol. The van der Waals surface area contributed by atoms with Crippen LogP contribution in [0.25, 0.3) is 10.9 Å². The van der Waals surface area contributed by atoms with Crippen molar-refractivity contribution in [3.8, 4) is 0 Å². The molecule has 26 heavy (non-hydrogen) atoms. The van der Waals surface area contributed by atoms with E-state index in [1.54, 1.807) is 24.3 Å². The SMILES string of the molecule is O=C(N[C@@H](Cc1cc(Cl)ccc1Br)C(=O)O)c1cnc2ccccc2c1. The Hall–Kier alpha value is -2.44. The second-order valence-electron chi connectivity index (χ2n) is 5.72. The molecule has 0 aliphatic carbocycles. The number of para-hydroxylation sites is 1. The summed E-state index contributed by atoms with van der Waals surface area (Å²) in [6.07, 6.45) is 1.54. The molecule has 0 unspecified atom stereocenters. The zero-order valence-corrected chi connectivity index (χ0v) is 15.8. The third-order valence-corrected chi connectivity index (χ3v) is 4.90. The molecule has 0 bridgehead atoms. The van der Waals surface area contributed by atoms with E-state index in [1.807, 2.05) is 24.3 Å². The Morgan fingerprint density at radius 3 is 2.73 bits per heavy atom. The lowest BCUT2D eigenvalue weighted by Crippen LogP contribution is -2.42. The van der Waals surface area contributed by atoms with Crippen LogP contribution in [0.1, 0.15) is 15.9 Å². The van der Waals surface area contributed by atoms with Gasteiger partial charge in [0.15, 0.2) is 0 Å². The summed E-state index contributed by atoms with van der Waals surface area (Å²) in [5.74, 6) is -1.62. The lowest BCUT2D eigenvalue weighted by Gasteiger charge is -2.16. The number of carboxylic acid groups (broad SMARTS) is 1. The van der Waals surface area contributed by atoms with Crippen LogP contribution in [0.3, 0.4) is 0 Å². The minimum atomic E-state index is -1.13. The Morgan fingerprint density at radius 2 is 1.96 bits per heavy atom. The number of carbonyl (C=O) groups excluding carboxylic acids is 1. The first-order valence-electron chi connectivity index (χ1n) is 7.76. The normalized spacial score (nSPS) is 11.9. The molecule has 0 saturated heterocycles. The summed E-state index contributed by atoms with van der Waals surface area (Å²) >= 11 is 9.35. The number of carbonyl (C=O) groups is 2. The van der Waals surface area contributed by atoms with Gasteiger partial charge in [0.05, 0.1) is 11.1 Å². The number of hydrogen-bond donors (Lipinski definition) is 2. The van der Waals surface area contributed by atoms with Crippen molar-refractivity contribution in [3.63, 3.8) is 0 Å². The van der Waals surface area contributed by atoms with Crippen molar-refractivity contribution in [1.29, 1.82) is 0 Å². The molecule has 0 spiro atoms. The highest BCUT2D eigenvalue weighted by Gasteiger charge is 2.22. The van der Waals surface area contributed by atoms with E-state index in [2.05, 4.69) is 26.2 Å². The van der Waals surface area contributed by atoms with Crippen molar-refractivity contribution in [2.75, 3.05) is 0 Å². The van der Waals surface area contributed by atoms with Crippen LogP contribution in [-0.4, -0.2) is 28.0 Å². The second kappa shape index (κ2) is 7.85. The number of nitrogens with one attached hydrogen (secondary N) is 1. The quantitative estimate of drug-likeness (QED) is 0.635. The molecule has 0 aliphatic heterocycles. The Bertz CT molecular complexity index is 993. The number of fused-ring (bicyclic) bond motifs is 1. The Labute approximate surface area is 163 Å².